The number of amides is 1. The number of rotatable bonds is 2. The van der Waals surface area contributed by atoms with Crippen LogP contribution in [0.2, 0.25) is 5.02 Å². The van der Waals surface area contributed by atoms with Crippen LogP contribution in [-0.4, -0.2) is 5.91 Å². The number of nitrogen functional groups attached to an aromatic ring is 1. The van der Waals surface area contributed by atoms with Crippen LogP contribution in [0.5, 0.6) is 0 Å². The Morgan fingerprint density at radius 2 is 1.90 bits per heavy atom. The fourth-order valence-electron chi connectivity index (χ4n) is 1.61. The van der Waals surface area contributed by atoms with Crippen molar-refractivity contribution in [3.05, 3.63) is 58.1 Å². The Morgan fingerprint density at radius 3 is 2.55 bits per heavy atom. The molecule has 2 aromatic carbocycles. The minimum Gasteiger partial charge on any atom is -0.396 e. The molecule has 0 aliphatic rings. The van der Waals surface area contributed by atoms with Crippen LogP contribution in [0.15, 0.2) is 30.3 Å². The molecule has 2 aromatic rings. The molecule has 0 spiro atoms. The zero-order valence-electron chi connectivity index (χ0n) is 10.5. The van der Waals surface area contributed by atoms with Gasteiger partial charge >= 0.3 is 0 Å². The maximum atomic E-state index is 13.5. The van der Waals surface area contributed by atoms with Crippen LogP contribution in [0.1, 0.15) is 15.9 Å². The molecule has 0 aliphatic heterocycles. The second kappa shape index (κ2) is 5.46. The van der Waals surface area contributed by atoms with E-state index < -0.39 is 17.5 Å². The SMILES string of the molecule is Cc1ccc(NC(=O)c2cc(N)c(F)cc2F)cc1Cl. The Hall–Kier alpha value is -2.14. The maximum absolute atomic E-state index is 13.5. The lowest BCUT2D eigenvalue weighted by atomic mass is 10.1. The van der Waals surface area contributed by atoms with Gasteiger partial charge in [-0.2, -0.15) is 0 Å². The number of carbonyl (C=O) groups excluding carboxylic acids is 1. The monoisotopic (exact) mass is 296 g/mol. The van der Waals surface area contributed by atoms with Gasteiger partial charge in [0.05, 0.1) is 11.3 Å². The van der Waals surface area contributed by atoms with Crippen molar-refractivity contribution in [2.24, 2.45) is 0 Å². The van der Waals surface area contributed by atoms with Gasteiger partial charge in [-0.1, -0.05) is 17.7 Å². The van der Waals surface area contributed by atoms with Crippen molar-refractivity contribution in [3.8, 4) is 0 Å². The van der Waals surface area contributed by atoms with E-state index in [1.54, 1.807) is 18.2 Å². The van der Waals surface area contributed by atoms with E-state index in [0.717, 1.165) is 11.6 Å². The molecule has 2 rings (SSSR count). The van der Waals surface area contributed by atoms with Gasteiger partial charge in [-0.3, -0.25) is 4.79 Å². The van der Waals surface area contributed by atoms with Gasteiger partial charge in [0.1, 0.15) is 11.6 Å². The number of hydrogen-bond donors (Lipinski definition) is 2. The van der Waals surface area contributed by atoms with Gasteiger partial charge in [0.2, 0.25) is 0 Å². The average Bonchev–Trinajstić information content (AvgIpc) is 2.38. The second-order valence-electron chi connectivity index (χ2n) is 4.27. The molecule has 0 atom stereocenters. The highest BCUT2D eigenvalue weighted by Crippen LogP contribution is 2.22. The molecule has 3 N–H and O–H groups in total. The second-order valence-corrected chi connectivity index (χ2v) is 4.68. The van der Waals surface area contributed by atoms with Gasteiger partial charge in [0.15, 0.2) is 0 Å². The molecule has 6 heteroatoms. The standard InChI is InChI=1S/C14H11ClF2N2O/c1-7-2-3-8(4-10(7)15)19-14(20)9-5-13(18)12(17)6-11(9)16/h2-6H,18H2,1H3,(H,19,20). The van der Waals surface area contributed by atoms with Gasteiger partial charge in [0, 0.05) is 16.8 Å². The van der Waals surface area contributed by atoms with Crippen molar-refractivity contribution in [2.75, 3.05) is 11.1 Å². The molecule has 20 heavy (non-hydrogen) atoms. The summed E-state index contributed by atoms with van der Waals surface area (Å²) in [6.07, 6.45) is 0. The number of aryl methyl sites for hydroxylation is 1. The summed E-state index contributed by atoms with van der Waals surface area (Å²) in [6, 6.07) is 6.42. The van der Waals surface area contributed by atoms with Crippen molar-refractivity contribution in [1.29, 1.82) is 0 Å². The van der Waals surface area contributed by atoms with Crippen molar-refractivity contribution < 1.29 is 13.6 Å². The van der Waals surface area contributed by atoms with Crippen molar-refractivity contribution in [1.82, 2.24) is 0 Å². The largest absolute Gasteiger partial charge is 0.396 e. The summed E-state index contributed by atoms with van der Waals surface area (Å²) in [7, 11) is 0. The van der Waals surface area contributed by atoms with Crippen molar-refractivity contribution in [2.45, 2.75) is 6.92 Å². The first kappa shape index (κ1) is 14.3. The minimum atomic E-state index is -0.979. The van der Waals surface area contributed by atoms with Crippen LogP contribution in [0.4, 0.5) is 20.2 Å². The van der Waals surface area contributed by atoms with Gasteiger partial charge in [-0.15, -0.1) is 0 Å². The quantitative estimate of drug-likeness (QED) is 0.829. The zero-order chi connectivity index (χ0) is 14.9. The number of hydrogen-bond acceptors (Lipinski definition) is 2. The molecule has 0 saturated carbocycles. The number of halogens is 3. The lowest BCUT2D eigenvalue weighted by Crippen LogP contribution is -2.14. The highest BCUT2D eigenvalue weighted by atomic mass is 35.5. The van der Waals surface area contributed by atoms with Gasteiger partial charge in [0.25, 0.3) is 5.91 Å². The highest BCUT2D eigenvalue weighted by Gasteiger charge is 2.15. The number of carbonyl (C=O) groups is 1. The summed E-state index contributed by atoms with van der Waals surface area (Å²) in [6.45, 7) is 1.81. The highest BCUT2D eigenvalue weighted by molar-refractivity contribution is 6.31. The Kier molecular flexibility index (Phi) is 3.90. The van der Waals surface area contributed by atoms with Crippen LogP contribution < -0.4 is 11.1 Å². The third-order valence-corrected chi connectivity index (χ3v) is 3.17. The number of benzene rings is 2. The normalized spacial score (nSPS) is 10.4. The number of nitrogens with two attached hydrogens (primary N) is 1. The molecule has 0 radical (unpaired) electrons. The predicted octanol–water partition coefficient (Wildman–Crippen LogP) is 3.76. The van der Waals surface area contributed by atoms with E-state index in [0.29, 0.717) is 16.8 Å². The van der Waals surface area contributed by atoms with E-state index in [9.17, 15) is 13.6 Å². The van der Waals surface area contributed by atoms with Crippen LogP contribution in [0, 0.1) is 18.6 Å². The van der Waals surface area contributed by atoms with Crippen molar-refractivity contribution in [3.63, 3.8) is 0 Å². The fraction of sp³-hybridized carbons (Fsp3) is 0.0714. The number of nitrogens with one attached hydrogen (secondary N) is 1. The van der Waals surface area contributed by atoms with E-state index in [-0.39, 0.29) is 11.3 Å². The molecule has 0 bridgehead atoms. The Labute approximate surface area is 119 Å². The molecular formula is C14H11ClF2N2O. The summed E-state index contributed by atoms with van der Waals surface area (Å²) in [5.74, 6) is -2.61. The molecule has 0 aromatic heterocycles. The maximum Gasteiger partial charge on any atom is 0.258 e. The molecule has 3 nitrogen and oxygen atoms in total. The smallest absolute Gasteiger partial charge is 0.258 e. The summed E-state index contributed by atoms with van der Waals surface area (Å²) in [5.41, 5.74) is 5.96. The third kappa shape index (κ3) is 2.88. The van der Waals surface area contributed by atoms with Gasteiger partial charge in [-0.25, -0.2) is 8.78 Å². The van der Waals surface area contributed by atoms with Crippen molar-refractivity contribution >= 4 is 28.9 Å². The summed E-state index contributed by atoms with van der Waals surface area (Å²) in [4.78, 5) is 11.9. The Bertz CT molecular complexity index is 689. The summed E-state index contributed by atoms with van der Waals surface area (Å²) in [5, 5.41) is 2.95. The van der Waals surface area contributed by atoms with Gasteiger partial charge < -0.3 is 11.1 Å². The minimum absolute atomic E-state index is 0.293. The fourth-order valence-corrected chi connectivity index (χ4v) is 1.79. The topological polar surface area (TPSA) is 55.1 Å². The van der Waals surface area contributed by atoms with E-state index in [4.69, 9.17) is 17.3 Å². The lowest BCUT2D eigenvalue weighted by Gasteiger charge is -2.08. The first-order valence-electron chi connectivity index (χ1n) is 5.70. The van der Waals surface area contributed by atoms with Crippen LogP contribution in [-0.2, 0) is 0 Å². The van der Waals surface area contributed by atoms with E-state index >= 15 is 0 Å². The van der Waals surface area contributed by atoms with E-state index in [2.05, 4.69) is 5.32 Å². The third-order valence-electron chi connectivity index (χ3n) is 2.76. The van der Waals surface area contributed by atoms with Gasteiger partial charge in [-0.05, 0) is 30.7 Å². The lowest BCUT2D eigenvalue weighted by molar-refractivity contribution is 0.102. The first-order chi connectivity index (χ1) is 9.38. The average molecular weight is 297 g/mol. The molecule has 104 valence electrons. The van der Waals surface area contributed by atoms with E-state index in [1.807, 2.05) is 6.92 Å². The molecule has 0 unspecified atom stereocenters. The van der Waals surface area contributed by atoms with Crippen LogP contribution in [0.25, 0.3) is 0 Å². The van der Waals surface area contributed by atoms with Crippen LogP contribution >= 0.6 is 11.6 Å². The molecule has 0 aliphatic carbocycles. The molecule has 0 heterocycles. The van der Waals surface area contributed by atoms with Crippen LogP contribution in [0.3, 0.4) is 0 Å². The summed E-state index contributed by atoms with van der Waals surface area (Å²) >= 11 is 5.93. The van der Waals surface area contributed by atoms with E-state index in [1.165, 1.54) is 0 Å². The Morgan fingerprint density at radius 1 is 1.20 bits per heavy atom. The summed E-state index contributed by atoms with van der Waals surface area (Å²) < 4.78 is 26.6. The molecule has 0 fully saturated rings. The first-order valence-corrected chi connectivity index (χ1v) is 6.08. The zero-order valence-corrected chi connectivity index (χ0v) is 11.3. The number of anilines is 2. The Balaban J connectivity index is 2.28. The predicted molar refractivity (Wildman–Crippen MR) is 74.9 cm³/mol. The molecular weight excluding hydrogens is 286 g/mol. The molecule has 0 saturated heterocycles. The molecule has 1 amide bonds.